The van der Waals surface area contributed by atoms with Crippen LogP contribution in [-0.4, -0.2) is 15.0 Å². The van der Waals surface area contributed by atoms with E-state index in [2.05, 4.69) is 15.0 Å². The molecule has 0 unspecified atom stereocenters. The van der Waals surface area contributed by atoms with Crippen molar-refractivity contribution in [1.82, 2.24) is 15.0 Å². The molecular formula is C12H11ClN4. The van der Waals surface area contributed by atoms with Crippen LogP contribution in [0.15, 0.2) is 18.3 Å². The van der Waals surface area contributed by atoms with Crippen molar-refractivity contribution in [2.24, 2.45) is 0 Å². The number of rotatable bonds is 1. The predicted molar refractivity (Wildman–Crippen MR) is 66.7 cm³/mol. The lowest BCUT2D eigenvalue weighted by atomic mass is 10.2. The number of pyridine rings is 1. The number of nitrogens with zero attached hydrogens (tertiary/aromatic N) is 3. The summed E-state index contributed by atoms with van der Waals surface area (Å²) in [5.74, 6) is 1.08. The summed E-state index contributed by atoms with van der Waals surface area (Å²) in [7, 11) is 0. The van der Waals surface area contributed by atoms with E-state index in [1.165, 1.54) is 0 Å². The molecule has 2 aromatic heterocycles. The zero-order valence-corrected chi connectivity index (χ0v) is 9.91. The summed E-state index contributed by atoms with van der Waals surface area (Å²) in [5, 5.41) is 0.546. The molecule has 2 heterocycles. The molecule has 1 aliphatic carbocycles. The van der Waals surface area contributed by atoms with Gasteiger partial charge in [-0.3, -0.25) is 4.98 Å². The summed E-state index contributed by atoms with van der Waals surface area (Å²) in [5.41, 5.74) is 8.65. The Morgan fingerprint density at radius 2 is 2.12 bits per heavy atom. The minimum atomic E-state index is 0.522. The molecule has 4 nitrogen and oxygen atoms in total. The first-order valence-corrected chi connectivity index (χ1v) is 5.89. The lowest BCUT2D eigenvalue weighted by Crippen LogP contribution is -2.03. The number of fused-ring (bicyclic) bond motifs is 1. The molecule has 0 amide bonds. The summed E-state index contributed by atoms with van der Waals surface area (Å²) < 4.78 is 0. The predicted octanol–water partition coefficient (Wildman–Crippen LogP) is 2.26. The number of aromatic nitrogens is 3. The SMILES string of the molecule is Nc1nc(-c2ncccc2Cl)nc2c1CCC2. The van der Waals surface area contributed by atoms with Crippen molar-refractivity contribution >= 4 is 17.4 Å². The third-order valence-corrected chi connectivity index (χ3v) is 3.24. The molecule has 0 aliphatic heterocycles. The molecule has 0 radical (unpaired) electrons. The van der Waals surface area contributed by atoms with Gasteiger partial charge in [-0.15, -0.1) is 0 Å². The third kappa shape index (κ3) is 1.74. The van der Waals surface area contributed by atoms with E-state index in [9.17, 15) is 0 Å². The summed E-state index contributed by atoms with van der Waals surface area (Å²) in [4.78, 5) is 13.0. The largest absolute Gasteiger partial charge is 0.383 e. The molecular weight excluding hydrogens is 236 g/mol. The topological polar surface area (TPSA) is 64.7 Å². The third-order valence-electron chi connectivity index (χ3n) is 2.94. The number of hydrogen-bond acceptors (Lipinski definition) is 4. The Morgan fingerprint density at radius 3 is 2.94 bits per heavy atom. The Kier molecular flexibility index (Phi) is 2.44. The van der Waals surface area contributed by atoms with E-state index in [1.807, 2.05) is 0 Å². The van der Waals surface area contributed by atoms with Gasteiger partial charge in [0.15, 0.2) is 5.82 Å². The average Bonchev–Trinajstić information content (AvgIpc) is 2.78. The molecule has 5 heteroatoms. The molecule has 0 saturated carbocycles. The molecule has 2 N–H and O–H groups in total. The fourth-order valence-electron chi connectivity index (χ4n) is 2.12. The molecule has 3 rings (SSSR count). The van der Waals surface area contributed by atoms with Gasteiger partial charge in [0.1, 0.15) is 11.5 Å². The fraction of sp³-hybridized carbons (Fsp3) is 0.250. The molecule has 0 spiro atoms. The summed E-state index contributed by atoms with van der Waals surface area (Å²) in [6, 6.07) is 3.55. The zero-order chi connectivity index (χ0) is 11.8. The van der Waals surface area contributed by atoms with Crippen LogP contribution in [0.1, 0.15) is 17.7 Å². The highest BCUT2D eigenvalue weighted by Crippen LogP contribution is 2.29. The van der Waals surface area contributed by atoms with Gasteiger partial charge in [0.2, 0.25) is 0 Å². The molecule has 1 aliphatic rings. The quantitative estimate of drug-likeness (QED) is 0.838. The minimum Gasteiger partial charge on any atom is -0.383 e. The van der Waals surface area contributed by atoms with Gasteiger partial charge >= 0.3 is 0 Å². The highest BCUT2D eigenvalue weighted by molar-refractivity contribution is 6.32. The lowest BCUT2D eigenvalue weighted by Gasteiger charge is -2.06. The van der Waals surface area contributed by atoms with Gasteiger partial charge in [0.25, 0.3) is 0 Å². The number of nitrogens with two attached hydrogens (primary N) is 1. The van der Waals surface area contributed by atoms with Crippen molar-refractivity contribution in [3.8, 4) is 11.5 Å². The van der Waals surface area contributed by atoms with E-state index in [1.54, 1.807) is 18.3 Å². The van der Waals surface area contributed by atoms with E-state index in [-0.39, 0.29) is 0 Å². The van der Waals surface area contributed by atoms with Crippen molar-refractivity contribution in [1.29, 1.82) is 0 Å². The van der Waals surface area contributed by atoms with E-state index >= 15 is 0 Å². The normalized spacial score (nSPS) is 13.7. The van der Waals surface area contributed by atoms with Crippen LogP contribution in [0.3, 0.4) is 0 Å². The highest BCUT2D eigenvalue weighted by Gasteiger charge is 2.19. The van der Waals surface area contributed by atoms with Gasteiger partial charge in [0, 0.05) is 17.5 Å². The van der Waals surface area contributed by atoms with Crippen LogP contribution in [0.5, 0.6) is 0 Å². The van der Waals surface area contributed by atoms with Gasteiger partial charge in [-0.1, -0.05) is 11.6 Å². The van der Waals surface area contributed by atoms with Gasteiger partial charge in [-0.05, 0) is 31.4 Å². The molecule has 0 fully saturated rings. The van der Waals surface area contributed by atoms with Crippen molar-refractivity contribution in [3.63, 3.8) is 0 Å². The van der Waals surface area contributed by atoms with Gasteiger partial charge < -0.3 is 5.73 Å². The second-order valence-corrected chi connectivity index (χ2v) is 4.45. The van der Waals surface area contributed by atoms with Crippen LogP contribution in [0.2, 0.25) is 5.02 Å². The number of hydrogen-bond donors (Lipinski definition) is 1. The standard InChI is InChI=1S/C12H11ClN4/c13-8-4-2-6-15-10(8)12-16-9-5-1-3-7(9)11(14)17-12/h2,4,6H,1,3,5H2,(H2,14,16,17). The summed E-state index contributed by atoms with van der Waals surface area (Å²) >= 11 is 6.08. The van der Waals surface area contributed by atoms with Crippen LogP contribution in [-0.2, 0) is 12.8 Å². The Morgan fingerprint density at radius 1 is 1.24 bits per heavy atom. The monoisotopic (exact) mass is 246 g/mol. The van der Waals surface area contributed by atoms with E-state index in [0.29, 0.717) is 22.4 Å². The van der Waals surface area contributed by atoms with Crippen LogP contribution >= 0.6 is 11.6 Å². The maximum absolute atomic E-state index is 6.08. The highest BCUT2D eigenvalue weighted by atomic mass is 35.5. The second-order valence-electron chi connectivity index (χ2n) is 4.05. The van der Waals surface area contributed by atoms with Gasteiger partial charge in [-0.25, -0.2) is 9.97 Å². The lowest BCUT2D eigenvalue weighted by molar-refractivity contribution is 0.900. The van der Waals surface area contributed by atoms with Crippen LogP contribution in [0.4, 0.5) is 5.82 Å². The molecule has 17 heavy (non-hydrogen) atoms. The summed E-state index contributed by atoms with van der Waals surface area (Å²) in [6.07, 6.45) is 4.69. The number of anilines is 1. The Labute approximate surface area is 104 Å². The van der Waals surface area contributed by atoms with E-state index < -0.39 is 0 Å². The average molecular weight is 247 g/mol. The molecule has 0 bridgehead atoms. The Hall–Kier alpha value is -1.68. The first-order valence-electron chi connectivity index (χ1n) is 5.52. The van der Waals surface area contributed by atoms with Crippen molar-refractivity contribution in [3.05, 3.63) is 34.6 Å². The maximum Gasteiger partial charge on any atom is 0.181 e. The van der Waals surface area contributed by atoms with Crippen molar-refractivity contribution < 1.29 is 0 Å². The number of halogens is 1. The first kappa shape index (κ1) is 10.5. The van der Waals surface area contributed by atoms with E-state index in [0.717, 1.165) is 30.5 Å². The van der Waals surface area contributed by atoms with E-state index in [4.69, 9.17) is 17.3 Å². The number of aryl methyl sites for hydroxylation is 1. The Balaban J connectivity index is 2.17. The molecule has 0 aromatic carbocycles. The smallest absolute Gasteiger partial charge is 0.181 e. The second kappa shape index (κ2) is 3.96. The minimum absolute atomic E-state index is 0.522. The zero-order valence-electron chi connectivity index (χ0n) is 9.15. The summed E-state index contributed by atoms with van der Waals surface area (Å²) in [6.45, 7) is 0. The van der Waals surface area contributed by atoms with Crippen LogP contribution < -0.4 is 5.73 Å². The van der Waals surface area contributed by atoms with Gasteiger partial charge in [-0.2, -0.15) is 0 Å². The van der Waals surface area contributed by atoms with Crippen molar-refractivity contribution in [2.75, 3.05) is 5.73 Å². The molecule has 0 saturated heterocycles. The molecule has 0 atom stereocenters. The fourth-order valence-corrected chi connectivity index (χ4v) is 2.32. The number of nitrogen functional groups attached to an aromatic ring is 1. The molecule has 86 valence electrons. The first-order chi connectivity index (χ1) is 8.25. The van der Waals surface area contributed by atoms with Crippen LogP contribution in [0.25, 0.3) is 11.5 Å². The maximum atomic E-state index is 6.08. The van der Waals surface area contributed by atoms with Gasteiger partial charge in [0.05, 0.1) is 5.02 Å². The Bertz CT molecular complexity index is 583. The molecule has 2 aromatic rings. The van der Waals surface area contributed by atoms with Crippen LogP contribution in [0, 0.1) is 0 Å². The van der Waals surface area contributed by atoms with Crippen molar-refractivity contribution in [2.45, 2.75) is 19.3 Å².